The van der Waals surface area contributed by atoms with E-state index >= 15 is 0 Å². The molecule has 0 aliphatic heterocycles. The fourth-order valence-electron chi connectivity index (χ4n) is 2.73. The molecule has 5 heteroatoms. The Balaban J connectivity index is 2.10. The quantitative estimate of drug-likeness (QED) is 0.778. The topological polar surface area (TPSA) is 50.9 Å². The molecule has 2 aromatic carbocycles. The smallest absolute Gasteiger partial charge is 0.113 e. The van der Waals surface area contributed by atoms with Crippen molar-refractivity contribution < 1.29 is 5.11 Å². The summed E-state index contributed by atoms with van der Waals surface area (Å²) in [5.74, 6) is 0. The fourth-order valence-corrected chi connectivity index (χ4v) is 2.86. The van der Waals surface area contributed by atoms with Gasteiger partial charge >= 0.3 is 0 Å². The van der Waals surface area contributed by atoms with Crippen LogP contribution in [0, 0.1) is 0 Å². The van der Waals surface area contributed by atoms with Gasteiger partial charge in [0.15, 0.2) is 0 Å². The SMILES string of the molecule is CCCC(O)C(c1ccc(Cl)cc1)n1nnc2ccccc21. The highest BCUT2D eigenvalue weighted by molar-refractivity contribution is 6.30. The van der Waals surface area contributed by atoms with E-state index in [0.717, 1.165) is 23.0 Å². The summed E-state index contributed by atoms with van der Waals surface area (Å²) in [5, 5.41) is 19.8. The Morgan fingerprint density at radius 3 is 2.59 bits per heavy atom. The lowest BCUT2D eigenvalue weighted by Crippen LogP contribution is -2.26. The number of rotatable bonds is 5. The van der Waals surface area contributed by atoms with Gasteiger partial charge in [-0.2, -0.15) is 0 Å². The molecule has 1 heterocycles. The van der Waals surface area contributed by atoms with Crippen molar-refractivity contribution in [2.75, 3.05) is 0 Å². The van der Waals surface area contributed by atoms with Gasteiger partial charge in [-0.05, 0) is 36.2 Å². The maximum Gasteiger partial charge on any atom is 0.113 e. The Bertz CT molecular complexity index is 754. The number of benzene rings is 2. The van der Waals surface area contributed by atoms with Crippen LogP contribution >= 0.6 is 11.6 Å². The number of para-hydroxylation sites is 1. The average Bonchev–Trinajstić information content (AvgIpc) is 2.94. The number of hydrogen-bond donors (Lipinski definition) is 1. The van der Waals surface area contributed by atoms with Gasteiger partial charge in [0.05, 0.1) is 11.6 Å². The molecule has 0 fully saturated rings. The Labute approximate surface area is 134 Å². The molecule has 0 saturated heterocycles. The van der Waals surface area contributed by atoms with Crippen molar-refractivity contribution in [1.82, 2.24) is 15.0 Å². The van der Waals surface area contributed by atoms with E-state index in [-0.39, 0.29) is 6.04 Å². The average molecular weight is 316 g/mol. The number of aliphatic hydroxyl groups is 1. The highest BCUT2D eigenvalue weighted by Gasteiger charge is 2.25. The maximum atomic E-state index is 10.6. The zero-order chi connectivity index (χ0) is 15.5. The Hall–Kier alpha value is -1.91. The van der Waals surface area contributed by atoms with E-state index < -0.39 is 6.10 Å². The summed E-state index contributed by atoms with van der Waals surface area (Å²) < 4.78 is 1.80. The van der Waals surface area contributed by atoms with Crippen molar-refractivity contribution >= 4 is 22.6 Å². The van der Waals surface area contributed by atoms with Gasteiger partial charge in [0, 0.05) is 5.02 Å². The van der Waals surface area contributed by atoms with Crippen LogP contribution in [0.3, 0.4) is 0 Å². The van der Waals surface area contributed by atoms with E-state index in [2.05, 4.69) is 17.2 Å². The summed E-state index contributed by atoms with van der Waals surface area (Å²) in [6, 6.07) is 15.0. The normalized spacial score (nSPS) is 14.1. The van der Waals surface area contributed by atoms with Gasteiger partial charge in [0.2, 0.25) is 0 Å². The van der Waals surface area contributed by atoms with Crippen molar-refractivity contribution in [1.29, 1.82) is 0 Å². The minimum absolute atomic E-state index is 0.274. The fraction of sp³-hybridized carbons (Fsp3) is 0.294. The second-order valence-electron chi connectivity index (χ2n) is 5.38. The number of halogens is 1. The molecular weight excluding hydrogens is 298 g/mol. The number of nitrogens with zero attached hydrogens (tertiary/aromatic N) is 3. The van der Waals surface area contributed by atoms with Crippen LogP contribution in [-0.4, -0.2) is 26.2 Å². The molecule has 1 N–H and O–H groups in total. The van der Waals surface area contributed by atoms with Crippen molar-refractivity contribution in [2.24, 2.45) is 0 Å². The standard InChI is InChI=1S/C17H18ClN3O/c1-2-5-16(22)17(12-8-10-13(18)11-9-12)21-15-7-4-3-6-14(15)19-20-21/h3-4,6-11,16-17,22H,2,5H2,1H3. The Kier molecular flexibility index (Phi) is 4.41. The predicted octanol–water partition coefficient (Wildman–Crippen LogP) is 3.84. The third-order valence-electron chi connectivity index (χ3n) is 3.80. The molecular formula is C17H18ClN3O. The third kappa shape index (κ3) is 2.85. The molecule has 0 bridgehead atoms. The first-order valence-corrected chi connectivity index (χ1v) is 7.82. The second-order valence-corrected chi connectivity index (χ2v) is 5.81. The lowest BCUT2D eigenvalue weighted by Gasteiger charge is -2.24. The summed E-state index contributed by atoms with van der Waals surface area (Å²) in [5.41, 5.74) is 2.71. The van der Waals surface area contributed by atoms with Gasteiger partial charge in [0.1, 0.15) is 11.6 Å². The highest BCUT2D eigenvalue weighted by atomic mass is 35.5. The first-order chi connectivity index (χ1) is 10.7. The molecule has 0 aliphatic carbocycles. The molecule has 3 aromatic rings. The van der Waals surface area contributed by atoms with Crippen molar-refractivity contribution in [2.45, 2.75) is 31.9 Å². The summed E-state index contributed by atoms with van der Waals surface area (Å²) in [6.45, 7) is 2.06. The minimum atomic E-state index is -0.531. The van der Waals surface area contributed by atoms with Gasteiger partial charge in [-0.3, -0.25) is 0 Å². The van der Waals surface area contributed by atoms with Crippen molar-refractivity contribution in [3.8, 4) is 0 Å². The Morgan fingerprint density at radius 2 is 1.86 bits per heavy atom. The lowest BCUT2D eigenvalue weighted by atomic mass is 9.98. The molecule has 0 saturated carbocycles. The molecule has 0 aliphatic rings. The first kappa shape index (κ1) is 15.0. The van der Waals surface area contributed by atoms with Gasteiger partial charge in [-0.1, -0.05) is 54.4 Å². The van der Waals surface area contributed by atoms with Gasteiger partial charge in [-0.15, -0.1) is 5.10 Å². The Morgan fingerprint density at radius 1 is 1.14 bits per heavy atom. The van der Waals surface area contributed by atoms with Crippen LogP contribution in [0.2, 0.25) is 5.02 Å². The molecule has 3 rings (SSSR count). The van der Waals surface area contributed by atoms with E-state index in [1.54, 1.807) is 4.68 Å². The van der Waals surface area contributed by atoms with E-state index in [9.17, 15) is 5.11 Å². The predicted molar refractivity (Wildman–Crippen MR) is 88.0 cm³/mol. The molecule has 0 radical (unpaired) electrons. The van der Waals surface area contributed by atoms with E-state index in [4.69, 9.17) is 11.6 Å². The van der Waals surface area contributed by atoms with Crippen LogP contribution in [0.5, 0.6) is 0 Å². The van der Waals surface area contributed by atoms with E-state index in [1.165, 1.54) is 0 Å². The summed E-state index contributed by atoms with van der Waals surface area (Å²) in [7, 11) is 0. The summed E-state index contributed by atoms with van der Waals surface area (Å²) in [4.78, 5) is 0. The zero-order valence-electron chi connectivity index (χ0n) is 12.4. The molecule has 2 unspecified atom stereocenters. The number of aliphatic hydroxyl groups excluding tert-OH is 1. The highest BCUT2D eigenvalue weighted by Crippen LogP contribution is 2.28. The van der Waals surface area contributed by atoms with Crippen molar-refractivity contribution in [3.05, 3.63) is 59.1 Å². The second kappa shape index (κ2) is 6.46. The monoisotopic (exact) mass is 315 g/mol. The molecule has 114 valence electrons. The molecule has 0 amide bonds. The first-order valence-electron chi connectivity index (χ1n) is 7.44. The number of fused-ring (bicyclic) bond motifs is 1. The molecule has 1 aromatic heterocycles. The summed E-state index contributed by atoms with van der Waals surface area (Å²) in [6.07, 6.45) is 1.07. The maximum absolute atomic E-state index is 10.6. The number of aromatic nitrogens is 3. The van der Waals surface area contributed by atoms with Crippen LogP contribution in [0.25, 0.3) is 11.0 Å². The molecule has 0 spiro atoms. The van der Waals surface area contributed by atoms with Crippen molar-refractivity contribution in [3.63, 3.8) is 0 Å². The van der Waals surface area contributed by atoms with E-state index in [0.29, 0.717) is 11.4 Å². The van der Waals surface area contributed by atoms with Gasteiger partial charge in [0.25, 0.3) is 0 Å². The van der Waals surface area contributed by atoms with Gasteiger partial charge < -0.3 is 5.11 Å². The van der Waals surface area contributed by atoms with E-state index in [1.807, 2.05) is 48.5 Å². The molecule has 2 atom stereocenters. The minimum Gasteiger partial charge on any atom is -0.391 e. The van der Waals surface area contributed by atoms with Crippen LogP contribution < -0.4 is 0 Å². The van der Waals surface area contributed by atoms with Crippen LogP contribution in [-0.2, 0) is 0 Å². The zero-order valence-corrected chi connectivity index (χ0v) is 13.1. The summed E-state index contributed by atoms with van der Waals surface area (Å²) >= 11 is 5.98. The van der Waals surface area contributed by atoms with Crippen LogP contribution in [0.15, 0.2) is 48.5 Å². The van der Waals surface area contributed by atoms with Crippen LogP contribution in [0.4, 0.5) is 0 Å². The van der Waals surface area contributed by atoms with Crippen LogP contribution in [0.1, 0.15) is 31.4 Å². The molecule has 22 heavy (non-hydrogen) atoms. The lowest BCUT2D eigenvalue weighted by molar-refractivity contribution is 0.115. The third-order valence-corrected chi connectivity index (χ3v) is 4.05. The molecule has 4 nitrogen and oxygen atoms in total. The largest absolute Gasteiger partial charge is 0.391 e. The number of hydrogen-bond acceptors (Lipinski definition) is 3. The van der Waals surface area contributed by atoms with Gasteiger partial charge in [-0.25, -0.2) is 4.68 Å².